The van der Waals surface area contributed by atoms with Crippen LogP contribution in [0.25, 0.3) is 11.1 Å². The SMILES string of the molecule is CC(=O)NC(Cc1cc(F)cc(F)c1)C(O)CNC1CCCc2ccc(-c3cccnc3)cc21. The number of aryl methyl sites for hydroxylation is 1. The Morgan fingerprint density at radius 1 is 1.15 bits per heavy atom. The molecule has 3 N–H and O–H groups in total. The normalized spacial score (nSPS) is 17.0. The number of rotatable bonds is 8. The lowest BCUT2D eigenvalue weighted by molar-refractivity contribution is -0.120. The third-order valence-electron chi connectivity index (χ3n) is 6.26. The average Bonchev–Trinajstić information content (AvgIpc) is 2.81. The van der Waals surface area contributed by atoms with Gasteiger partial charge in [0.05, 0.1) is 12.1 Å². The van der Waals surface area contributed by atoms with Gasteiger partial charge in [-0.25, -0.2) is 8.78 Å². The molecule has 0 fully saturated rings. The number of benzene rings is 2. The third-order valence-corrected chi connectivity index (χ3v) is 6.26. The van der Waals surface area contributed by atoms with Gasteiger partial charge in [0.2, 0.25) is 5.91 Å². The fourth-order valence-electron chi connectivity index (χ4n) is 4.66. The quantitative estimate of drug-likeness (QED) is 0.468. The summed E-state index contributed by atoms with van der Waals surface area (Å²) in [7, 11) is 0. The number of hydrogen-bond acceptors (Lipinski definition) is 4. The highest BCUT2D eigenvalue weighted by Crippen LogP contribution is 2.33. The molecule has 3 atom stereocenters. The predicted octanol–water partition coefficient (Wildman–Crippen LogP) is 4.10. The molecule has 1 aromatic heterocycles. The van der Waals surface area contributed by atoms with Gasteiger partial charge in [0.25, 0.3) is 0 Å². The Bertz CT molecular complexity index is 1120. The molecule has 2 aromatic carbocycles. The Morgan fingerprint density at radius 3 is 2.65 bits per heavy atom. The zero-order valence-electron chi connectivity index (χ0n) is 19.1. The van der Waals surface area contributed by atoms with Crippen LogP contribution in [0.5, 0.6) is 0 Å². The van der Waals surface area contributed by atoms with E-state index >= 15 is 0 Å². The van der Waals surface area contributed by atoms with Crippen LogP contribution in [0.3, 0.4) is 0 Å². The van der Waals surface area contributed by atoms with E-state index in [0.29, 0.717) is 5.56 Å². The van der Waals surface area contributed by atoms with E-state index in [1.54, 1.807) is 6.20 Å². The molecule has 7 heteroatoms. The molecule has 1 aliphatic rings. The highest BCUT2D eigenvalue weighted by atomic mass is 19.1. The lowest BCUT2D eigenvalue weighted by Gasteiger charge is -2.30. The molecule has 0 spiro atoms. The molecule has 4 rings (SSSR count). The summed E-state index contributed by atoms with van der Waals surface area (Å²) >= 11 is 0. The minimum absolute atomic E-state index is 0.0552. The van der Waals surface area contributed by atoms with E-state index in [9.17, 15) is 18.7 Å². The Balaban J connectivity index is 1.48. The van der Waals surface area contributed by atoms with Gasteiger partial charge in [-0.2, -0.15) is 0 Å². The number of aliphatic hydroxyl groups is 1. The number of carbonyl (C=O) groups is 1. The zero-order chi connectivity index (χ0) is 24.1. The molecule has 34 heavy (non-hydrogen) atoms. The van der Waals surface area contributed by atoms with E-state index < -0.39 is 23.8 Å². The van der Waals surface area contributed by atoms with Gasteiger partial charge in [-0.05, 0) is 77.8 Å². The van der Waals surface area contributed by atoms with Crippen LogP contribution in [0.2, 0.25) is 0 Å². The largest absolute Gasteiger partial charge is 0.390 e. The number of aromatic nitrogens is 1. The summed E-state index contributed by atoms with van der Waals surface area (Å²) in [5.41, 5.74) is 4.98. The van der Waals surface area contributed by atoms with E-state index in [1.165, 1.54) is 30.2 Å². The number of fused-ring (bicyclic) bond motifs is 1. The second-order valence-corrected chi connectivity index (χ2v) is 8.86. The Hall–Kier alpha value is -3.16. The molecule has 0 bridgehead atoms. The number of carbonyl (C=O) groups excluding carboxylic acids is 1. The van der Waals surface area contributed by atoms with Crippen molar-refractivity contribution in [1.29, 1.82) is 0 Å². The van der Waals surface area contributed by atoms with Crippen molar-refractivity contribution in [2.75, 3.05) is 6.54 Å². The van der Waals surface area contributed by atoms with Crippen LogP contribution < -0.4 is 10.6 Å². The summed E-state index contributed by atoms with van der Waals surface area (Å²) in [6.45, 7) is 1.58. The van der Waals surface area contributed by atoms with Crippen LogP contribution in [0, 0.1) is 11.6 Å². The number of amides is 1. The van der Waals surface area contributed by atoms with Crippen molar-refractivity contribution in [3.8, 4) is 11.1 Å². The van der Waals surface area contributed by atoms with Gasteiger partial charge in [0.15, 0.2) is 0 Å². The van der Waals surface area contributed by atoms with Crippen molar-refractivity contribution >= 4 is 5.91 Å². The number of halogens is 2. The molecule has 3 unspecified atom stereocenters. The van der Waals surface area contributed by atoms with Gasteiger partial charge in [-0.15, -0.1) is 0 Å². The number of nitrogens with one attached hydrogen (secondary N) is 2. The van der Waals surface area contributed by atoms with Crippen LogP contribution in [0.4, 0.5) is 8.78 Å². The summed E-state index contributed by atoms with van der Waals surface area (Å²) < 4.78 is 27.2. The molecule has 0 saturated heterocycles. The van der Waals surface area contributed by atoms with E-state index in [-0.39, 0.29) is 24.9 Å². The highest BCUT2D eigenvalue weighted by Gasteiger charge is 2.25. The summed E-state index contributed by atoms with van der Waals surface area (Å²) in [6.07, 6.45) is 5.72. The maximum absolute atomic E-state index is 13.6. The van der Waals surface area contributed by atoms with Crippen LogP contribution in [0.1, 0.15) is 42.5 Å². The first-order valence-electron chi connectivity index (χ1n) is 11.6. The van der Waals surface area contributed by atoms with Crippen LogP contribution in [-0.4, -0.2) is 34.7 Å². The lowest BCUT2D eigenvalue weighted by Crippen LogP contribution is -2.48. The summed E-state index contributed by atoms with van der Waals surface area (Å²) in [6, 6.07) is 13.0. The smallest absolute Gasteiger partial charge is 0.217 e. The Labute approximate surface area is 198 Å². The number of aliphatic hydroxyl groups excluding tert-OH is 1. The van der Waals surface area contributed by atoms with Crippen molar-refractivity contribution < 1.29 is 18.7 Å². The molecule has 0 radical (unpaired) electrons. The van der Waals surface area contributed by atoms with Crippen LogP contribution in [-0.2, 0) is 17.6 Å². The van der Waals surface area contributed by atoms with Gasteiger partial charge in [0.1, 0.15) is 11.6 Å². The molecule has 1 heterocycles. The minimum Gasteiger partial charge on any atom is -0.390 e. The fourth-order valence-corrected chi connectivity index (χ4v) is 4.66. The van der Waals surface area contributed by atoms with Crippen molar-refractivity contribution in [3.05, 3.63) is 89.2 Å². The minimum atomic E-state index is -0.942. The van der Waals surface area contributed by atoms with Crippen LogP contribution in [0.15, 0.2) is 60.9 Å². The molecule has 1 aliphatic carbocycles. The topological polar surface area (TPSA) is 74.2 Å². The molecule has 1 amide bonds. The monoisotopic (exact) mass is 465 g/mol. The maximum atomic E-state index is 13.6. The van der Waals surface area contributed by atoms with Gasteiger partial charge in [-0.1, -0.05) is 18.2 Å². The molecule has 0 saturated carbocycles. The van der Waals surface area contributed by atoms with E-state index in [4.69, 9.17) is 0 Å². The van der Waals surface area contributed by atoms with Crippen molar-refractivity contribution in [3.63, 3.8) is 0 Å². The Morgan fingerprint density at radius 2 is 1.94 bits per heavy atom. The second kappa shape index (κ2) is 10.8. The first kappa shape index (κ1) is 24.0. The van der Waals surface area contributed by atoms with Crippen LogP contribution >= 0.6 is 0 Å². The predicted molar refractivity (Wildman–Crippen MR) is 127 cm³/mol. The molecule has 178 valence electrons. The summed E-state index contributed by atoms with van der Waals surface area (Å²) in [5, 5.41) is 17.1. The second-order valence-electron chi connectivity index (χ2n) is 8.86. The van der Waals surface area contributed by atoms with E-state index in [2.05, 4.69) is 33.8 Å². The first-order chi connectivity index (χ1) is 16.4. The summed E-state index contributed by atoms with van der Waals surface area (Å²) in [4.78, 5) is 15.9. The molecule has 3 aromatic rings. The molecular weight excluding hydrogens is 436 g/mol. The molecule has 5 nitrogen and oxygen atoms in total. The zero-order valence-corrected chi connectivity index (χ0v) is 19.1. The number of hydrogen-bond donors (Lipinski definition) is 3. The third kappa shape index (κ3) is 6.04. The van der Waals surface area contributed by atoms with Gasteiger partial charge in [0, 0.05) is 38.0 Å². The van der Waals surface area contributed by atoms with E-state index in [0.717, 1.165) is 36.5 Å². The fraction of sp³-hybridized carbons (Fsp3) is 0.333. The van der Waals surface area contributed by atoms with Crippen molar-refractivity contribution in [1.82, 2.24) is 15.6 Å². The molecule has 0 aliphatic heterocycles. The van der Waals surface area contributed by atoms with Crippen molar-refractivity contribution in [2.24, 2.45) is 0 Å². The maximum Gasteiger partial charge on any atom is 0.217 e. The van der Waals surface area contributed by atoms with Gasteiger partial charge in [-0.3, -0.25) is 9.78 Å². The average molecular weight is 466 g/mol. The number of pyridine rings is 1. The highest BCUT2D eigenvalue weighted by molar-refractivity contribution is 5.73. The number of nitrogens with zero attached hydrogens (tertiary/aromatic N) is 1. The standard InChI is InChI=1S/C27H29F2N3O2/c1-17(33)32-26(12-18-10-22(28)14-23(29)11-18)27(34)16-31-25-6-2-4-19-7-8-20(13-24(19)25)21-5-3-9-30-15-21/h3,5,7-11,13-15,25-27,31,34H,2,4,6,12,16H2,1H3,(H,32,33). The molecular formula is C27H29F2N3O2. The van der Waals surface area contributed by atoms with Gasteiger partial charge >= 0.3 is 0 Å². The lowest BCUT2D eigenvalue weighted by atomic mass is 9.85. The van der Waals surface area contributed by atoms with E-state index in [1.807, 2.05) is 18.3 Å². The van der Waals surface area contributed by atoms with Crippen molar-refractivity contribution in [2.45, 2.75) is 50.8 Å². The summed E-state index contributed by atoms with van der Waals surface area (Å²) in [5.74, 6) is -1.69. The Kier molecular flexibility index (Phi) is 7.65. The van der Waals surface area contributed by atoms with Gasteiger partial charge < -0.3 is 15.7 Å². The first-order valence-corrected chi connectivity index (χ1v) is 11.6.